The molecule has 0 radical (unpaired) electrons. The lowest BCUT2D eigenvalue weighted by molar-refractivity contribution is 0.290. The van der Waals surface area contributed by atoms with Crippen LogP contribution in [0.4, 0.5) is 0 Å². The van der Waals surface area contributed by atoms with Crippen LogP contribution in [0.15, 0.2) is 59.8 Å². The predicted molar refractivity (Wildman–Crippen MR) is 103 cm³/mol. The van der Waals surface area contributed by atoms with Gasteiger partial charge < -0.3 is 4.74 Å². The number of benzene rings is 2. The van der Waals surface area contributed by atoms with Crippen LogP contribution in [0.5, 0.6) is 5.75 Å². The smallest absolute Gasteiger partial charge is 0.241 e. The highest BCUT2D eigenvalue weighted by atomic mass is 32.2. The Morgan fingerprint density at radius 2 is 1.96 bits per heavy atom. The van der Waals surface area contributed by atoms with Crippen molar-refractivity contribution < 1.29 is 13.2 Å². The Balaban J connectivity index is 1.72. The summed E-state index contributed by atoms with van der Waals surface area (Å²) in [7, 11) is -3.60. The molecule has 0 saturated carbocycles. The van der Waals surface area contributed by atoms with Crippen molar-refractivity contribution in [2.75, 3.05) is 6.61 Å². The lowest BCUT2D eigenvalue weighted by Gasteiger charge is -2.17. The molecular formula is C20H22N2O3S. The van der Waals surface area contributed by atoms with E-state index in [1.807, 2.05) is 43.3 Å². The van der Waals surface area contributed by atoms with Crippen LogP contribution < -0.4 is 9.46 Å². The van der Waals surface area contributed by atoms with Gasteiger partial charge in [-0.1, -0.05) is 24.3 Å². The summed E-state index contributed by atoms with van der Waals surface area (Å²) in [6.45, 7) is 5.68. The van der Waals surface area contributed by atoms with Gasteiger partial charge >= 0.3 is 0 Å². The van der Waals surface area contributed by atoms with E-state index in [1.54, 1.807) is 32.3 Å². The third kappa shape index (κ3) is 4.03. The molecule has 0 bridgehead atoms. The van der Waals surface area contributed by atoms with Gasteiger partial charge in [-0.05, 0) is 50.1 Å². The molecule has 0 spiro atoms. The Hall–Kier alpha value is -2.44. The van der Waals surface area contributed by atoms with Crippen molar-refractivity contribution in [1.29, 1.82) is 0 Å². The Morgan fingerprint density at radius 1 is 1.15 bits per heavy atom. The minimum Gasteiger partial charge on any atom is -0.491 e. The van der Waals surface area contributed by atoms with Crippen LogP contribution in [0.2, 0.25) is 0 Å². The molecule has 1 unspecified atom stereocenters. The number of aryl methyl sites for hydroxylation is 2. The largest absolute Gasteiger partial charge is 0.491 e. The second kappa shape index (κ2) is 7.43. The molecule has 6 heteroatoms. The van der Waals surface area contributed by atoms with Crippen molar-refractivity contribution in [2.45, 2.75) is 31.7 Å². The second-order valence-electron chi connectivity index (χ2n) is 6.46. The molecular weight excluding hydrogens is 348 g/mol. The molecule has 0 fully saturated rings. The molecule has 0 amide bonds. The summed E-state index contributed by atoms with van der Waals surface area (Å²) in [4.78, 5) is 4.41. The van der Waals surface area contributed by atoms with Gasteiger partial charge in [0.1, 0.15) is 12.4 Å². The number of aromatic nitrogens is 1. The van der Waals surface area contributed by atoms with Gasteiger partial charge in [0.2, 0.25) is 10.0 Å². The summed E-state index contributed by atoms with van der Waals surface area (Å²) >= 11 is 0. The summed E-state index contributed by atoms with van der Waals surface area (Å²) in [5.74, 6) is 0.711. The lowest BCUT2D eigenvalue weighted by atomic mass is 10.1. The molecule has 2 aromatic carbocycles. The third-order valence-electron chi connectivity index (χ3n) is 4.12. The molecule has 26 heavy (non-hydrogen) atoms. The molecule has 3 aromatic rings. The van der Waals surface area contributed by atoms with E-state index in [2.05, 4.69) is 9.71 Å². The van der Waals surface area contributed by atoms with Crippen LogP contribution in [-0.4, -0.2) is 26.1 Å². The summed E-state index contributed by atoms with van der Waals surface area (Å²) < 4.78 is 33.9. The topological polar surface area (TPSA) is 68.3 Å². The van der Waals surface area contributed by atoms with Crippen LogP contribution in [-0.2, 0) is 10.0 Å². The molecule has 136 valence electrons. The Labute approximate surface area is 154 Å². The molecule has 1 heterocycles. The highest BCUT2D eigenvalue weighted by molar-refractivity contribution is 7.89. The third-order valence-corrected chi connectivity index (χ3v) is 5.85. The number of hydrogen-bond donors (Lipinski definition) is 1. The molecule has 0 aliphatic heterocycles. The van der Waals surface area contributed by atoms with Gasteiger partial charge in [0.25, 0.3) is 0 Å². The van der Waals surface area contributed by atoms with Crippen LogP contribution in [0.25, 0.3) is 10.8 Å². The first kappa shape index (κ1) is 18.4. The fraction of sp³-hybridized carbons (Fsp3) is 0.250. The maximum Gasteiger partial charge on any atom is 0.241 e. The summed E-state index contributed by atoms with van der Waals surface area (Å²) in [6.07, 6.45) is 3.48. The first-order valence-electron chi connectivity index (χ1n) is 8.42. The van der Waals surface area contributed by atoms with Gasteiger partial charge in [-0.25, -0.2) is 13.1 Å². The number of pyridine rings is 1. The van der Waals surface area contributed by atoms with E-state index in [4.69, 9.17) is 4.74 Å². The van der Waals surface area contributed by atoms with Crippen LogP contribution in [0.1, 0.15) is 18.1 Å². The zero-order valence-electron chi connectivity index (χ0n) is 15.1. The Morgan fingerprint density at radius 3 is 2.77 bits per heavy atom. The molecule has 3 rings (SSSR count). The van der Waals surface area contributed by atoms with E-state index in [1.165, 1.54) is 0 Å². The number of rotatable bonds is 6. The first-order valence-corrected chi connectivity index (χ1v) is 9.90. The number of sulfonamides is 1. The normalized spacial score (nSPS) is 12.9. The van der Waals surface area contributed by atoms with E-state index in [0.717, 1.165) is 21.9 Å². The highest BCUT2D eigenvalue weighted by Gasteiger charge is 2.20. The quantitative estimate of drug-likeness (QED) is 0.720. The van der Waals surface area contributed by atoms with E-state index < -0.39 is 10.0 Å². The summed E-state index contributed by atoms with van der Waals surface area (Å²) in [5, 5.41) is 1.93. The second-order valence-corrected chi connectivity index (χ2v) is 8.14. The van der Waals surface area contributed by atoms with Gasteiger partial charge in [-0.3, -0.25) is 4.98 Å². The van der Waals surface area contributed by atoms with E-state index >= 15 is 0 Å². The van der Waals surface area contributed by atoms with Gasteiger partial charge in [0.15, 0.2) is 0 Å². The van der Waals surface area contributed by atoms with Crippen molar-refractivity contribution >= 4 is 20.8 Å². The minimum atomic E-state index is -3.60. The number of hydrogen-bond acceptors (Lipinski definition) is 4. The summed E-state index contributed by atoms with van der Waals surface area (Å²) in [6, 6.07) is 12.6. The fourth-order valence-corrected chi connectivity index (χ4v) is 4.35. The van der Waals surface area contributed by atoms with Crippen LogP contribution in [0, 0.1) is 13.8 Å². The molecule has 1 atom stereocenters. The standard InChI is InChI=1S/C20H22N2O3S/c1-14-7-8-15(2)20(11-14)26(23,24)22-16(3)13-25-19-6-4-5-17-12-21-10-9-18(17)19/h4-12,16,22H,13H2,1-3H3. The van der Waals surface area contributed by atoms with Crippen LogP contribution >= 0.6 is 0 Å². The predicted octanol–water partition coefficient (Wildman–Crippen LogP) is 3.60. The minimum absolute atomic E-state index is 0.228. The fourth-order valence-electron chi connectivity index (χ4n) is 2.79. The molecule has 0 saturated heterocycles. The van der Waals surface area contributed by atoms with Gasteiger partial charge in [-0.2, -0.15) is 0 Å². The first-order chi connectivity index (χ1) is 12.4. The summed E-state index contributed by atoms with van der Waals surface area (Å²) in [5.41, 5.74) is 1.63. The van der Waals surface area contributed by atoms with Crippen molar-refractivity contribution in [3.63, 3.8) is 0 Å². The number of nitrogens with zero attached hydrogens (tertiary/aromatic N) is 1. The van der Waals surface area contributed by atoms with E-state index in [-0.39, 0.29) is 12.6 Å². The molecule has 0 aliphatic rings. The molecule has 5 nitrogen and oxygen atoms in total. The van der Waals surface area contributed by atoms with E-state index in [9.17, 15) is 8.42 Å². The van der Waals surface area contributed by atoms with Gasteiger partial charge in [0.05, 0.1) is 10.9 Å². The maximum absolute atomic E-state index is 12.7. The molecule has 1 N–H and O–H groups in total. The van der Waals surface area contributed by atoms with E-state index in [0.29, 0.717) is 10.6 Å². The zero-order valence-corrected chi connectivity index (χ0v) is 15.9. The SMILES string of the molecule is Cc1ccc(C)c(S(=O)(=O)NC(C)COc2cccc3cnccc23)c1. The number of nitrogens with one attached hydrogen (secondary N) is 1. The van der Waals surface area contributed by atoms with Gasteiger partial charge in [-0.15, -0.1) is 0 Å². The maximum atomic E-state index is 12.7. The van der Waals surface area contributed by atoms with Crippen molar-refractivity contribution in [1.82, 2.24) is 9.71 Å². The lowest BCUT2D eigenvalue weighted by Crippen LogP contribution is -2.37. The molecule has 0 aliphatic carbocycles. The zero-order chi connectivity index (χ0) is 18.7. The Kier molecular flexibility index (Phi) is 5.25. The van der Waals surface area contributed by atoms with Crippen molar-refractivity contribution in [3.05, 3.63) is 66.0 Å². The number of fused-ring (bicyclic) bond motifs is 1. The van der Waals surface area contributed by atoms with Crippen LogP contribution in [0.3, 0.4) is 0 Å². The number of ether oxygens (including phenoxy) is 1. The Bertz CT molecular complexity index is 1030. The van der Waals surface area contributed by atoms with Crippen molar-refractivity contribution in [2.24, 2.45) is 0 Å². The van der Waals surface area contributed by atoms with Gasteiger partial charge in [0, 0.05) is 23.2 Å². The van der Waals surface area contributed by atoms with Crippen molar-refractivity contribution in [3.8, 4) is 5.75 Å². The average Bonchev–Trinajstić information content (AvgIpc) is 2.61. The monoisotopic (exact) mass is 370 g/mol. The molecule has 1 aromatic heterocycles. The highest BCUT2D eigenvalue weighted by Crippen LogP contribution is 2.24. The average molecular weight is 370 g/mol.